The number of carbonyl (C=O) groups is 1. The number of benzene rings is 1. The van der Waals surface area contributed by atoms with E-state index in [0.29, 0.717) is 29.3 Å². The summed E-state index contributed by atoms with van der Waals surface area (Å²) in [6.45, 7) is 8.88. The molecule has 6 nitrogen and oxygen atoms in total. The summed E-state index contributed by atoms with van der Waals surface area (Å²) < 4.78 is 13.1. The number of carbonyl (C=O) groups excluding carboxylic acids is 1. The summed E-state index contributed by atoms with van der Waals surface area (Å²) in [4.78, 5) is 14.8. The van der Waals surface area contributed by atoms with Gasteiger partial charge in [-0.15, -0.1) is 6.42 Å². The number of hydrogen-bond donors (Lipinski definition) is 0. The number of rotatable bonds is 3. The van der Waals surface area contributed by atoms with Crippen LogP contribution in [-0.4, -0.2) is 40.3 Å². The summed E-state index contributed by atoms with van der Waals surface area (Å²) in [5, 5.41) is 4.60. The van der Waals surface area contributed by atoms with Gasteiger partial charge in [-0.2, -0.15) is 5.10 Å². The van der Waals surface area contributed by atoms with Crippen LogP contribution >= 0.6 is 0 Å². The van der Waals surface area contributed by atoms with Gasteiger partial charge in [-0.1, -0.05) is 5.92 Å². The van der Waals surface area contributed by atoms with Crippen LogP contribution in [0.25, 0.3) is 11.3 Å². The third-order valence-electron chi connectivity index (χ3n) is 4.95. The Balaban J connectivity index is 2.19. The number of amides is 1. The molecule has 0 radical (unpaired) electrons. The van der Waals surface area contributed by atoms with Crippen LogP contribution in [0, 0.1) is 12.3 Å². The SMILES string of the molecule is C#Cc1cc2c(cc1OC)OCc1c(C(=O)N(C)C(C)(C)C)nn(CC)c1-2. The minimum atomic E-state index is -0.308. The number of aromatic nitrogens is 2. The van der Waals surface area contributed by atoms with Crippen LogP contribution in [0.4, 0.5) is 0 Å². The summed E-state index contributed by atoms with van der Waals surface area (Å²) in [5.74, 6) is 3.79. The average molecular weight is 367 g/mol. The second-order valence-corrected chi connectivity index (χ2v) is 7.51. The van der Waals surface area contributed by atoms with Gasteiger partial charge in [0.1, 0.15) is 18.1 Å². The first-order valence-electron chi connectivity index (χ1n) is 8.92. The zero-order chi connectivity index (χ0) is 19.9. The summed E-state index contributed by atoms with van der Waals surface area (Å²) in [7, 11) is 3.37. The number of hydrogen-bond acceptors (Lipinski definition) is 4. The number of fused-ring (bicyclic) bond motifs is 3. The van der Waals surface area contributed by atoms with Gasteiger partial charge in [0.25, 0.3) is 5.91 Å². The first-order chi connectivity index (χ1) is 12.7. The summed E-state index contributed by atoms with van der Waals surface area (Å²) >= 11 is 0. The molecule has 0 spiro atoms. The van der Waals surface area contributed by atoms with Crippen molar-refractivity contribution in [3.8, 4) is 35.1 Å². The highest BCUT2D eigenvalue weighted by molar-refractivity contribution is 5.96. The first-order valence-corrected chi connectivity index (χ1v) is 8.92. The molecule has 1 amide bonds. The lowest BCUT2D eigenvalue weighted by molar-refractivity contribution is 0.0646. The third-order valence-corrected chi connectivity index (χ3v) is 4.95. The molecule has 3 rings (SSSR count). The van der Waals surface area contributed by atoms with Crippen LogP contribution < -0.4 is 9.47 Å². The number of terminal acetylenes is 1. The maximum absolute atomic E-state index is 13.1. The van der Waals surface area contributed by atoms with Gasteiger partial charge in [-0.05, 0) is 33.8 Å². The minimum absolute atomic E-state index is 0.122. The van der Waals surface area contributed by atoms with E-state index in [0.717, 1.165) is 16.8 Å². The second-order valence-electron chi connectivity index (χ2n) is 7.51. The fourth-order valence-electron chi connectivity index (χ4n) is 3.10. The van der Waals surface area contributed by atoms with Crippen molar-refractivity contribution in [1.82, 2.24) is 14.7 Å². The van der Waals surface area contributed by atoms with Crippen LogP contribution in [-0.2, 0) is 13.2 Å². The van der Waals surface area contributed by atoms with Crippen molar-refractivity contribution in [2.45, 2.75) is 46.4 Å². The lowest BCUT2D eigenvalue weighted by atomic mass is 9.98. The van der Waals surface area contributed by atoms with E-state index in [2.05, 4.69) is 11.0 Å². The van der Waals surface area contributed by atoms with Gasteiger partial charge in [0.05, 0.1) is 18.4 Å². The molecule has 1 aromatic heterocycles. The molecule has 1 aromatic carbocycles. The molecule has 6 heteroatoms. The molecule has 0 aliphatic carbocycles. The van der Waals surface area contributed by atoms with Crippen molar-refractivity contribution in [1.29, 1.82) is 0 Å². The highest BCUT2D eigenvalue weighted by Crippen LogP contribution is 2.42. The molecule has 0 saturated carbocycles. The quantitative estimate of drug-likeness (QED) is 0.781. The first kappa shape index (κ1) is 18.8. The Hall–Kier alpha value is -2.94. The molecule has 142 valence electrons. The van der Waals surface area contributed by atoms with Gasteiger partial charge in [-0.3, -0.25) is 9.48 Å². The third kappa shape index (κ3) is 3.03. The average Bonchev–Trinajstić information content (AvgIpc) is 3.03. The largest absolute Gasteiger partial charge is 0.495 e. The highest BCUT2D eigenvalue weighted by Gasteiger charge is 2.33. The van der Waals surface area contributed by atoms with Gasteiger partial charge >= 0.3 is 0 Å². The van der Waals surface area contributed by atoms with Crippen molar-refractivity contribution in [3.05, 3.63) is 29.0 Å². The monoisotopic (exact) mass is 367 g/mol. The number of ether oxygens (including phenoxy) is 2. The Labute approximate surface area is 160 Å². The second kappa shape index (κ2) is 6.66. The molecule has 2 aromatic rings. The summed E-state index contributed by atoms with van der Waals surface area (Å²) in [6, 6.07) is 3.66. The summed E-state index contributed by atoms with van der Waals surface area (Å²) in [6.07, 6.45) is 5.64. The van der Waals surface area contributed by atoms with Gasteiger partial charge < -0.3 is 14.4 Å². The van der Waals surface area contributed by atoms with Gasteiger partial charge in [0.15, 0.2) is 5.69 Å². The smallest absolute Gasteiger partial charge is 0.274 e. The van der Waals surface area contributed by atoms with E-state index in [-0.39, 0.29) is 18.1 Å². The molecule has 0 unspecified atom stereocenters. The van der Waals surface area contributed by atoms with E-state index in [1.165, 1.54) is 0 Å². The van der Waals surface area contributed by atoms with Crippen molar-refractivity contribution in [3.63, 3.8) is 0 Å². The molecule has 0 atom stereocenters. The lowest BCUT2D eigenvalue weighted by Gasteiger charge is -2.31. The van der Waals surface area contributed by atoms with Crippen LogP contribution in [0.2, 0.25) is 0 Å². The van der Waals surface area contributed by atoms with E-state index >= 15 is 0 Å². The van der Waals surface area contributed by atoms with E-state index in [1.54, 1.807) is 25.1 Å². The van der Waals surface area contributed by atoms with Gasteiger partial charge in [0.2, 0.25) is 0 Å². The molecular weight excluding hydrogens is 342 g/mol. The number of methoxy groups -OCH3 is 1. The number of aryl methyl sites for hydroxylation is 1. The zero-order valence-electron chi connectivity index (χ0n) is 16.7. The maximum atomic E-state index is 13.1. The Morgan fingerprint density at radius 2 is 2.15 bits per heavy atom. The van der Waals surface area contributed by atoms with Gasteiger partial charge in [0, 0.05) is 36.3 Å². The number of nitrogens with zero attached hydrogens (tertiary/aromatic N) is 3. The normalized spacial score (nSPS) is 12.5. The van der Waals surface area contributed by atoms with Crippen LogP contribution in [0.15, 0.2) is 12.1 Å². The van der Waals surface area contributed by atoms with E-state index < -0.39 is 0 Å². The topological polar surface area (TPSA) is 56.6 Å². The molecule has 0 saturated heterocycles. The molecule has 0 bridgehead atoms. The molecule has 1 aliphatic rings. The molecule has 2 heterocycles. The Bertz CT molecular complexity index is 945. The predicted molar refractivity (Wildman–Crippen MR) is 104 cm³/mol. The van der Waals surface area contributed by atoms with Gasteiger partial charge in [-0.25, -0.2) is 0 Å². The molecule has 1 aliphatic heterocycles. The van der Waals surface area contributed by atoms with Crippen LogP contribution in [0.1, 0.15) is 49.3 Å². The fraction of sp³-hybridized carbons (Fsp3) is 0.429. The maximum Gasteiger partial charge on any atom is 0.274 e. The van der Waals surface area contributed by atoms with Crippen molar-refractivity contribution < 1.29 is 14.3 Å². The fourth-order valence-corrected chi connectivity index (χ4v) is 3.10. The van der Waals surface area contributed by atoms with Crippen LogP contribution in [0.3, 0.4) is 0 Å². The van der Waals surface area contributed by atoms with Crippen molar-refractivity contribution in [2.24, 2.45) is 0 Å². The lowest BCUT2D eigenvalue weighted by Crippen LogP contribution is -2.43. The zero-order valence-corrected chi connectivity index (χ0v) is 16.7. The molecule has 27 heavy (non-hydrogen) atoms. The van der Waals surface area contributed by atoms with Crippen molar-refractivity contribution >= 4 is 5.91 Å². The van der Waals surface area contributed by atoms with E-state index in [4.69, 9.17) is 15.9 Å². The molecule has 0 fully saturated rings. The van der Waals surface area contributed by atoms with E-state index in [9.17, 15) is 4.79 Å². The Kier molecular flexibility index (Phi) is 4.64. The highest BCUT2D eigenvalue weighted by atomic mass is 16.5. The molecular formula is C21H25N3O3. The Morgan fingerprint density at radius 3 is 2.70 bits per heavy atom. The summed E-state index contributed by atoms with van der Waals surface area (Å²) in [5.41, 5.74) is 3.25. The predicted octanol–water partition coefficient (Wildman–Crippen LogP) is 3.32. The molecule has 0 N–H and O–H groups in total. The van der Waals surface area contributed by atoms with Crippen molar-refractivity contribution in [2.75, 3.05) is 14.2 Å². The van der Waals surface area contributed by atoms with E-state index in [1.807, 2.05) is 38.4 Å². The Morgan fingerprint density at radius 1 is 1.44 bits per heavy atom. The van der Waals surface area contributed by atoms with Crippen LogP contribution in [0.5, 0.6) is 11.5 Å². The minimum Gasteiger partial charge on any atom is -0.495 e. The standard InChI is InChI=1S/C21H25N3O3/c1-8-13-10-14-17(11-16(13)26-7)27-12-15-18(22-24(9-2)19(14)15)20(25)23(6)21(3,4)5/h1,10-11H,9,12H2,2-7H3.